The predicted octanol–water partition coefficient (Wildman–Crippen LogP) is 4.10. The molecule has 0 radical (unpaired) electrons. The van der Waals surface area contributed by atoms with E-state index in [-0.39, 0.29) is 11.8 Å². The number of rotatable bonds is 5. The number of anilines is 1. The van der Waals surface area contributed by atoms with Crippen LogP contribution in [-0.4, -0.2) is 69.1 Å². The van der Waals surface area contributed by atoms with Gasteiger partial charge in [-0.3, -0.25) is 9.59 Å². The van der Waals surface area contributed by atoms with E-state index in [0.29, 0.717) is 54.4 Å². The minimum atomic E-state index is -0.808. The van der Waals surface area contributed by atoms with Crippen molar-refractivity contribution in [3.05, 3.63) is 89.2 Å². The molecular weight excluding hydrogens is 473 g/mol. The molecule has 0 N–H and O–H groups in total. The number of amides is 2. The van der Waals surface area contributed by atoms with E-state index in [4.69, 9.17) is 9.47 Å². The number of carbonyl (C=O) groups excluding carboxylic acids is 2. The molecule has 7 nitrogen and oxygen atoms in total. The third-order valence-electron chi connectivity index (χ3n) is 7.38. The smallest absolute Gasteiger partial charge is 0.254 e. The third-order valence-corrected chi connectivity index (χ3v) is 7.38. The van der Waals surface area contributed by atoms with Crippen LogP contribution in [0.1, 0.15) is 33.4 Å². The van der Waals surface area contributed by atoms with E-state index in [1.54, 1.807) is 37.4 Å². The Balaban J connectivity index is 1.55. The molecule has 2 atom stereocenters. The molecule has 0 aliphatic carbocycles. The summed E-state index contributed by atoms with van der Waals surface area (Å²) >= 11 is 0. The van der Waals surface area contributed by atoms with Crippen molar-refractivity contribution in [3.63, 3.8) is 0 Å². The Labute approximate surface area is 216 Å². The lowest BCUT2D eigenvalue weighted by atomic mass is 9.78. The number of halogens is 1. The molecule has 3 aromatic rings. The highest BCUT2D eigenvalue weighted by Crippen LogP contribution is 2.46. The Hall–Kier alpha value is -4.07. The number of nitrogens with zero attached hydrogens (tertiary/aromatic N) is 3. The summed E-state index contributed by atoms with van der Waals surface area (Å²) in [4.78, 5) is 33.3. The first-order valence-corrected chi connectivity index (χ1v) is 12.3. The first-order valence-electron chi connectivity index (χ1n) is 12.3. The number of piperazine rings is 1. The van der Waals surface area contributed by atoms with E-state index >= 15 is 4.39 Å². The van der Waals surface area contributed by atoms with Gasteiger partial charge >= 0.3 is 0 Å². The van der Waals surface area contributed by atoms with Gasteiger partial charge in [0, 0.05) is 50.0 Å². The maximum atomic E-state index is 15.1. The van der Waals surface area contributed by atoms with Gasteiger partial charge in [0.05, 0.1) is 26.2 Å². The number of likely N-dealkylation sites (N-methyl/N-ethyl adjacent to an activating group) is 1. The van der Waals surface area contributed by atoms with Gasteiger partial charge in [0.1, 0.15) is 5.82 Å². The van der Waals surface area contributed by atoms with Crippen molar-refractivity contribution in [2.75, 3.05) is 52.3 Å². The zero-order valence-electron chi connectivity index (χ0n) is 21.2. The quantitative estimate of drug-likeness (QED) is 0.525. The lowest BCUT2D eigenvalue weighted by Gasteiger charge is -2.43. The highest BCUT2D eigenvalue weighted by Gasteiger charge is 2.46. The van der Waals surface area contributed by atoms with Gasteiger partial charge in [0.15, 0.2) is 11.5 Å². The SMILES string of the molecule is COc1cc2c(cc1OC)[C@@H](C(=O)N1CCN(c3ccccc3)CC1)[C@H](c1ccccc1F)N(C)C2=O. The zero-order valence-corrected chi connectivity index (χ0v) is 21.2. The number of methoxy groups -OCH3 is 2. The molecule has 0 spiro atoms. The summed E-state index contributed by atoms with van der Waals surface area (Å²) in [7, 11) is 4.62. The van der Waals surface area contributed by atoms with Crippen molar-refractivity contribution >= 4 is 17.5 Å². The molecule has 2 heterocycles. The molecule has 1 fully saturated rings. The molecule has 192 valence electrons. The second-order valence-corrected chi connectivity index (χ2v) is 9.30. The number of hydrogen-bond acceptors (Lipinski definition) is 5. The van der Waals surface area contributed by atoms with Gasteiger partial charge in [-0.1, -0.05) is 36.4 Å². The number of fused-ring (bicyclic) bond motifs is 1. The largest absolute Gasteiger partial charge is 0.493 e. The molecule has 3 aromatic carbocycles. The van der Waals surface area contributed by atoms with Gasteiger partial charge in [0.25, 0.3) is 5.91 Å². The maximum absolute atomic E-state index is 15.1. The molecule has 0 aromatic heterocycles. The van der Waals surface area contributed by atoms with E-state index in [9.17, 15) is 9.59 Å². The average molecular weight is 504 g/mol. The fourth-order valence-electron chi connectivity index (χ4n) is 5.44. The van der Waals surface area contributed by atoms with Crippen LogP contribution in [0.2, 0.25) is 0 Å². The second kappa shape index (κ2) is 10.1. The van der Waals surface area contributed by atoms with E-state index in [0.717, 1.165) is 5.69 Å². The molecule has 2 aliphatic heterocycles. The van der Waals surface area contributed by atoms with E-state index in [2.05, 4.69) is 17.0 Å². The van der Waals surface area contributed by atoms with Crippen molar-refractivity contribution < 1.29 is 23.5 Å². The summed E-state index contributed by atoms with van der Waals surface area (Å²) < 4.78 is 26.1. The van der Waals surface area contributed by atoms with E-state index in [1.807, 2.05) is 23.1 Å². The molecule has 0 bridgehead atoms. The van der Waals surface area contributed by atoms with Crippen LogP contribution in [0.3, 0.4) is 0 Å². The normalized spacial score (nSPS) is 19.5. The highest BCUT2D eigenvalue weighted by molar-refractivity contribution is 6.02. The van der Waals surface area contributed by atoms with Crippen LogP contribution in [0.15, 0.2) is 66.7 Å². The third kappa shape index (κ3) is 4.37. The van der Waals surface area contributed by atoms with Gasteiger partial charge in [-0.15, -0.1) is 0 Å². The van der Waals surface area contributed by atoms with Crippen LogP contribution in [-0.2, 0) is 4.79 Å². The summed E-state index contributed by atoms with van der Waals surface area (Å²) in [5.41, 5.74) is 2.29. The molecule has 1 saturated heterocycles. The number of para-hydroxylation sites is 1. The number of carbonyl (C=O) groups is 2. The highest BCUT2D eigenvalue weighted by atomic mass is 19.1. The van der Waals surface area contributed by atoms with Gasteiger partial charge in [0.2, 0.25) is 5.91 Å². The van der Waals surface area contributed by atoms with Crippen LogP contribution < -0.4 is 14.4 Å². The topological polar surface area (TPSA) is 62.3 Å². The predicted molar refractivity (Wildman–Crippen MR) is 139 cm³/mol. The Morgan fingerprint density at radius 3 is 2.14 bits per heavy atom. The number of benzene rings is 3. The lowest BCUT2D eigenvalue weighted by molar-refractivity contribution is -0.134. The molecule has 37 heavy (non-hydrogen) atoms. The Bertz CT molecular complexity index is 1310. The van der Waals surface area contributed by atoms with Crippen molar-refractivity contribution in [1.29, 1.82) is 0 Å². The van der Waals surface area contributed by atoms with Crippen LogP contribution in [0.5, 0.6) is 11.5 Å². The molecule has 2 aliphatic rings. The van der Waals surface area contributed by atoms with E-state index in [1.165, 1.54) is 25.2 Å². The molecule has 8 heteroatoms. The van der Waals surface area contributed by atoms with Gasteiger partial charge in [-0.25, -0.2) is 4.39 Å². The molecule has 0 unspecified atom stereocenters. The average Bonchev–Trinajstić information content (AvgIpc) is 2.95. The lowest BCUT2D eigenvalue weighted by Crippen LogP contribution is -2.53. The fraction of sp³-hybridized carbons (Fsp3) is 0.310. The Morgan fingerprint density at radius 2 is 1.49 bits per heavy atom. The summed E-state index contributed by atoms with van der Waals surface area (Å²) in [6.45, 7) is 2.41. The van der Waals surface area contributed by atoms with Crippen molar-refractivity contribution in [2.45, 2.75) is 12.0 Å². The van der Waals surface area contributed by atoms with Gasteiger partial charge in [-0.2, -0.15) is 0 Å². The van der Waals surface area contributed by atoms with Crippen molar-refractivity contribution in [2.24, 2.45) is 0 Å². The molecule has 5 rings (SSSR count). The Kier molecular flexibility index (Phi) is 6.74. The first kappa shape index (κ1) is 24.6. The number of ether oxygens (including phenoxy) is 2. The number of hydrogen-bond donors (Lipinski definition) is 0. The van der Waals surface area contributed by atoms with Crippen molar-refractivity contribution in [3.8, 4) is 11.5 Å². The van der Waals surface area contributed by atoms with Crippen LogP contribution in [0.4, 0.5) is 10.1 Å². The van der Waals surface area contributed by atoms with Gasteiger partial charge < -0.3 is 24.2 Å². The second-order valence-electron chi connectivity index (χ2n) is 9.30. The molecular formula is C29H30FN3O4. The monoisotopic (exact) mass is 503 g/mol. The maximum Gasteiger partial charge on any atom is 0.254 e. The zero-order chi connectivity index (χ0) is 26.1. The van der Waals surface area contributed by atoms with Crippen LogP contribution >= 0.6 is 0 Å². The minimum Gasteiger partial charge on any atom is -0.493 e. The molecule has 0 saturated carbocycles. The summed E-state index contributed by atoms with van der Waals surface area (Å²) in [5, 5.41) is 0. The summed E-state index contributed by atoms with van der Waals surface area (Å²) in [5.74, 6) is -0.899. The van der Waals surface area contributed by atoms with Gasteiger partial charge in [-0.05, 0) is 35.9 Å². The van der Waals surface area contributed by atoms with Crippen LogP contribution in [0, 0.1) is 5.82 Å². The minimum absolute atomic E-state index is 0.145. The van der Waals surface area contributed by atoms with Crippen LogP contribution in [0.25, 0.3) is 0 Å². The Morgan fingerprint density at radius 1 is 0.865 bits per heavy atom. The first-order chi connectivity index (χ1) is 17.9. The molecule has 2 amide bonds. The summed E-state index contributed by atoms with van der Waals surface area (Å²) in [6.07, 6.45) is 0. The standard InChI is InChI=1S/C29H30FN3O4/c1-31-27(20-11-7-8-12-23(20)30)26(21-17-24(36-2)25(37-3)18-22(21)28(31)34)29(35)33-15-13-32(14-16-33)19-9-5-4-6-10-19/h4-12,17-18,26-27H,13-16H2,1-3H3/t26-,27+/m1/s1. The summed E-state index contributed by atoms with van der Waals surface area (Å²) in [6, 6.07) is 18.9. The van der Waals surface area contributed by atoms with Crippen molar-refractivity contribution in [1.82, 2.24) is 9.80 Å². The van der Waals surface area contributed by atoms with E-state index < -0.39 is 17.8 Å². The fourth-order valence-corrected chi connectivity index (χ4v) is 5.44.